The highest BCUT2D eigenvalue weighted by Crippen LogP contribution is 2.34. The Labute approximate surface area is 142 Å². The van der Waals surface area contributed by atoms with Crippen LogP contribution in [0.4, 0.5) is 5.69 Å². The van der Waals surface area contributed by atoms with Gasteiger partial charge in [0.25, 0.3) is 0 Å². The number of rotatable bonds is 5. The Hall–Kier alpha value is -2.04. The molecule has 1 heterocycles. The molecule has 0 saturated carbocycles. The first-order chi connectivity index (χ1) is 10.8. The molecule has 23 heavy (non-hydrogen) atoms. The van der Waals surface area contributed by atoms with Gasteiger partial charge in [-0.1, -0.05) is 43.3 Å². The topological polar surface area (TPSA) is 50.4 Å². The Bertz CT molecular complexity index is 676. The van der Waals surface area contributed by atoms with Crippen molar-refractivity contribution in [1.29, 1.82) is 0 Å². The molecular formula is C18H21ClN2O2. The van der Waals surface area contributed by atoms with Gasteiger partial charge in [0.15, 0.2) is 0 Å². The minimum Gasteiger partial charge on any atom is -0.492 e. The van der Waals surface area contributed by atoms with Crippen LogP contribution in [0, 0.1) is 0 Å². The van der Waals surface area contributed by atoms with E-state index in [2.05, 4.69) is 17.6 Å². The van der Waals surface area contributed by atoms with E-state index < -0.39 is 0 Å². The van der Waals surface area contributed by atoms with E-state index in [4.69, 9.17) is 4.74 Å². The molecule has 1 aliphatic rings. The van der Waals surface area contributed by atoms with E-state index in [0.29, 0.717) is 6.61 Å². The van der Waals surface area contributed by atoms with Gasteiger partial charge in [0, 0.05) is 17.8 Å². The van der Waals surface area contributed by atoms with Gasteiger partial charge in [-0.25, -0.2) is 0 Å². The van der Waals surface area contributed by atoms with Gasteiger partial charge in [-0.2, -0.15) is 0 Å². The van der Waals surface area contributed by atoms with Crippen LogP contribution >= 0.6 is 12.4 Å². The molecule has 2 aromatic rings. The molecule has 1 amide bonds. The molecule has 2 N–H and O–H groups in total. The normalized spacial score (nSPS) is 15.3. The number of nitrogens with one attached hydrogen (secondary N) is 2. The Kier molecular flexibility index (Phi) is 6.02. The van der Waals surface area contributed by atoms with Crippen molar-refractivity contribution in [2.75, 3.05) is 18.5 Å². The highest BCUT2D eigenvalue weighted by molar-refractivity contribution is 5.97. The molecule has 0 radical (unpaired) electrons. The van der Waals surface area contributed by atoms with Crippen molar-refractivity contribution in [3.63, 3.8) is 0 Å². The molecule has 1 unspecified atom stereocenters. The standard InChI is InChI=1S/C18H20N2O2.ClH/c1-2-19-11-13-7-3-5-9-16(13)20-18(21)15-12-22-17-10-6-4-8-14(15)17;/h3-10,15,19H,2,11-12H2,1H3,(H,20,21);1H. The summed E-state index contributed by atoms with van der Waals surface area (Å²) in [6.45, 7) is 4.10. The maximum Gasteiger partial charge on any atom is 0.235 e. The van der Waals surface area contributed by atoms with Crippen LogP contribution in [0.2, 0.25) is 0 Å². The van der Waals surface area contributed by atoms with E-state index in [1.807, 2.05) is 48.5 Å². The lowest BCUT2D eigenvalue weighted by Crippen LogP contribution is -2.23. The maximum absolute atomic E-state index is 12.6. The zero-order valence-electron chi connectivity index (χ0n) is 13.0. The van der Waals surface area contributed by atoms with Gasteiger partial charge in [0.05, 0.1) is 0 Å². The van der Waals surface area contributed by atoms with E-state index in [9.17, 15) is 4.79 Å². The molecule has 0 spiro atoms. The molecule has 0 saturated heterocycles. The first-order valence-electron chi connectivity index (χ1n) is 7.60. The summed E-state index contributed by atoms with van der Waals surface area (Å²) in [5, 5.41) is 6.33. The average Bonchev–Trinajstić information content (AvgIpc) is 2.98. The highest BCUT2D eigenvalue weighted by atomic mass is 35.5. The lowest BCUT2D eigenvalue weighted by molar-refractivity contribution is -0.117. The summed E-state index contributed by atoms with van der Waals surface area (Å²) in [4.78, 5) is 12.6. The van der Waals surface area contributed by atoms with Crippen LogP contribution < -0.4 is 15.4 Å². The SMILES string of the molecule is CCNCc1ccccc1NC(=O)C1COc2ccccc21.Cl. The van der Waals surface area contributed by atoms with Crippen molar-refractivity contribution in [1.82, 2.24) is 5.32 Å². The van der Waals surface area contributed by atoms with Crippen molar-refractivity contribution in [3.8, 4) is 5.75 Å². The first-order valence-corrected chi connectivity index (χ1v) is 7.60. The molecule has 2 aromatic carbocycles. The maximum atomic E-state index is 12.6. The smallest absolute Gasteiger partial charge is 0.235 e. The summed E-state index contributed by atoms with van der Waals surface area (Å²) in [5.74, 6) is 0.542. The lowest BCUT2D eigenvalue weighted by Gasteiger charge is -2.14. The Morgan fingerprint density at radius 3 is 2.74 bits per heavy atom. The second-order valence-corrected chi connectivity index (χ2v) is 5.33. The van der Waals surface area contributed by atoms with Crippen LogP contribution in [0.15, 0.2) is 48.5 Å². The third kappa shape index (κ3) is 3.84. The van der Waals surface area contributed by atoms with Gasteiger partial charge in [0.1, 0.15) is 18.3 Å². The molecule has 0 fully saturated rings. The molecule has 122 valence electrons. The number of halogens is 1. The highest BCUT2D eigenvalue weighted by Gasteiger charge is 2.30. The number of carbonyl (C=O) groups is 1. The summed E-state index contributed by atoms with van der Waals surface area (Å²) >= 11 is 0. The van der Waals surface area contributed by atoms with Gasteiger partial charge >= 0.3 is 0 Å². The van der Waals surface area contributed by atoms with Crippen molar-refractivity contribution in [2.45, 2.75) is 19.4 Å². The Balaban J connectivity index is 0.00000192. The first kappa shape index (κ1) is 17.3. The molecule has 5 heteroatoms. The summed E-state index contributed by atoms with van der Waals surface area (Å²) in [6, 6.07) is 15.6. The van der Waals surface area contributed by atoms with Crippen LogP contribution in [0.25, 0.3) is 0 Å². The average molecular weight is 333 g/mol. The van der Waals surface area contributed by atoms with Crippen LogP contribution in [0.5, 0.6) is 5.75 Å². The van der Waals surface area contributed by atoms with E-state index in [1.165, 1.54) is 0 Å². The molecule has 1 aliphatic heterocycles. The number of anilines is 1. The molecule has 0 bridgehead atoms. The zero-order chi connectivity index (χ0) is 15.4. The Morgan fingerprint density at radius 2 is 1.91 bits per heavy atom. The largest absolute Gasteiger partial charge is 0.492 e. The molecule has 0 aliphatic carbocycles. The van der Waals surface area contributed by atoms with Crippen LogP contribution in [-0.4, -0.2) is 19.1 Å². The zero-order valence-corrected chi connectivity index (χ0v) is 13.9. The minimum atomic E-state index is -0.247. The van der Waals surface area contributed by atoms with Gasteiger partial charge in [0.2, 0.25) is 5.91 Å². The molecule has 3 rings (SSSR count). The summed E-state index contributed by atoms with van der Waals surface area (Å²) < 4.78 is 5.59. The number of hydrogen-bond donors (Lipinski definition) is 2. The predicted octanol–water partition coefficient (Wildman–Crippen LogP) is 3.33. The lowest BCUT2D eigenvalue weighted by atomic mass is 10.00. The fourth-order valence-corrected chi connectivity index (χ4v) is 2.66. The Morgan fingerprint density at radius 1 is 1.17 bits per heavy atom. The van der Waals surface area contributed by atoms with Crippen molar-refractivity contribution >= 4 is 24.0 Å². The summed E-state index contributed by atoms with van der Waals surface area (Å²) in [6.07, 6.45) is 0. The molecule has 4 nitrogen and oxygen atoms in total. The number of ether oxygens (including phenoxy) is 1. The minimum absolute atomic E-state index is 0. The van der Waals surface area contributed by atoms with Crippen LogP contribution in [0.1, 0.15) is 24.0 Å². The summed E-state index contributed by atoms with van der Waals surface area (Å²) in [7, 11) is 0. The fraction of sp³-hybridized carbons (Fsp3) is 0.278. The number of para-hydroxylation sites is 2. The fourth-order valence-electron chi connectivity index (χ4n) is 2.66. The van der Waals surface area contributed by atoms with Crippen molar-refractivity contribution < 1.29 is 9.53 Å². The molecular weight excluding hydrogens is 312 g/mol. The van der Waals surface area contributed by atoms with E-state index in [0.717, 1.165) is 35.7 Å². The van der Waals surface area contributed by atoms with Crippen LogP contribution in [0.3, 0.4) is 0 Å². The predicted molar refractivity (Wildman–Crippen MR) is 94.4 cm³/mol. The molecule has 0 aromatic heterocycles. The third-order valence-corrected chi connectivity index (χ3v) is 3.86. The van der Waals surface area contributed by atoms with Crippen molar-refractivity contribution in [2.24, 2.45) is 0 Å². The number of carbonyl (C=O) groups excluding carboxylic acids is 1. The van der Waals surface area contributed by atoms with Gasteiger partial charge in [-0.3, -0.25) is 4.79 Å². The third-order valence-electron chi connectivity index (χ3n) is 3.86. The number of amides is 1. The van der Waals surface area contributed by atoms with Gasteiger partial charge < -0.3 is 15.4 Å². The van der Waals surface area contributed by atoms with Crippen molar-refractivity contribution in [3.05, 3.63) is 59.7 Å². The summed E-state index contributed by atoms with van der Waals surface area (Å²) in [5.41, 5.74) is 2.91. The van der Waals surface area contributed by atoms with E-state index >= 15 is 0 Å². The second kappa shape index (κ2) is 7.99. The second-order valence-electron chi connectivity index (χ2n) is 5.33. The number of hydrogen-bond acceptors (Lipinski definition) is 3. The van der Waals surface area contributed by atoms with E-state index in [1.54, 1.807) is 0 Å². The van der Waals surface area contributed by atoms with Gasteiger partial charge in [-0.15, -0.1) is 12.4 Å². The molecule has 1 atom stereocenters. The number of benzene rings is 2. The van der Waals surface area contributed by atoms with E-state index in [-0.39, 0.29) is 24.2 Å². The quantitative estimate of drug-likeness (QED) is 0.883. The van der Waals surface area contributed by atoms with Crippen LogP contribution in [-0.2, 0) is 11.3 Å². The monoisotopic (exact) mass is 332 g/mol. The van der Waals surface area contributed by atoms with Gasteiger partial charge in [-0.05, 0) is 24.2 Å². The number of fused-ring (bicyclic) bond motifs is 1.